The van der Waals surface area contributed by atoms with Crippen molar-refractivity contribution in [1.29, 1.82) is 0 Å². The van der Waals surface area contributed by atoms with Crippen molar-refractivity contribution in [3.8, 4) is 10.4 Å². The molecule has 0 amide bonds. The molecule has 0 bridgehead atoms. The van der Waals surface area contributed by atoms with Crippen LogP contribution in [-0.2, 0) is 6.18 Å². The smallest absolute Gasteiger partial charge is 0.276 e. The molecule has 2 aromatic rings. The molecule has 0 aliphatic rings. The lowest BCUT2D eigenvalue weighted by molar-refractivity contribution is -0.137. The second-order valence-corrected chi connectivity index (χ2v) is 4.81. The maximum absolute atomic E-state index is 12.5. The highest BCUT2D eigenvalue weighted by Crippen LogP contribution is 2.34. The summed E-state index contributed by atoms with van der Waals surface area (Å²) in [6.45, 7) is 0. The summed E-state index contributed by atoms with van der Waals surface area (Å²) in [5.74, 6) is 0. The molecule has 94 valence electrons. The Labute approximate surface area is 110 Å². The third kappa shape index (κ3) is 2.73. The molecule has 0 fully saturated rings. The van der Waals surface area contributed by atoms with Gasteiger partial charge in [-0.25, -0.2) is 0 Å². The topological polar surface area (TPSA) is 17.1 Å². The summed E-state index contributed by atoms with van der Waals surface area (Å²) < 4.78 is 37.6. The zero-order valence-corrected chi connectivity index (χ0v) is 10.4. The molecule has 0 aliphatic heterocycles. The van der Waals surface area contributed by atoms with E-state index in [0.29, 0.717) is 10.4 Å². The van der Waals surface area contributed by atoms with Crippen LogP contribution in [0.15, 0.2) is 35.7 Å². The fourth-order valence-corrected chi connectivity index (χ4v) is 2.50. The van der Waals surface area contributed by atoms with Crippen molar-refractivity contribution in [3.63, 3.8) is 0 Å². The summed E-state index contributed by atoms with van der Waals surface area (Å²) >= 11 is 6.47. The Bertz CT molecular complexity index is 589. The number of hydrogen-bond donors (Lipinski definition) is 0. The first kappa shape index (κ1) is 13.1. The van der Waals surface area contributed by atoms with Crippen molar-refractivity contribution in [2.75, 3.05) is 0 Å². The van der Waals surface area contributed by atoms with E-state index in [1.54, 1.807) is 6.07 Å². The molecule has 0 unspecified atom stereocenters. The Balaban J connectivity index is 2.41. The van der Waals surface area contributed by atoms with Crippen LogP contribution in [0.4, 0.5) is 13.2 Å². The average molecular weight is 291 g/mol. The van der Waals surface area contributed by atoms with Crippen LogP contribution in [0.2, 0.25) is 0 Å². The minimum absolute atomic E-state index is 0.286. The van der Waals surface area contributed by atoms with Crippen LogP contribution in [0.25, 0.3) is 10.4 Å². The van der Waals surface area contributed by atoms with Crippen molar-refractivity contribution < 1.29 is 18.0 Å². The van der Waals surface area contributed by atoms with Gasteiger partial charge in [-0.05, 0) is 35.4 Å². The minimum Gasteiger partial charge on any atom is -0.276 e. The molecule has 0 saturated carbocycles. The van der Waals surface area contributed by atoms with Crippen LogP contribution in [0, 0.1) is 0 Å². The maximum atomic E-state index is 12.5. The van der Waals surface area contributed by atoms with E-state index in [0.717, 1.165) is 12.1 Å². The molecule has 2 rings (SSSR count). The number of carbonyl (C=O) groups is 1. The zero-order chi connectivity index (χ0) is 13.3. The number of rotatable bonds is 2. The molecule has 0 N–H and O–H groups in total. The van der Waals surface area contributed by atoms with E-state index in [2.05, 4.69) is 0 Å². The predicted molar refractivity (Wildman–Crippen MR) is 64.9 cm³/mol. The van der Waals surface area contributed by atoms with Gasteiger partial charge in [-0.2, -0.15) is 13.2 Å². The molecule has 1 aromatic heterocycles. The molecule has 0 saturated heterocycles. The number of halogens is 4. The normalized spacial score (nSPS) is 11.6. The van der Waals surface area contributed by atoms with Crippen molar-refractivity contribution >= 4 is 28.2 Å². The number of hydrogen-bond acceptors (Lipinski definition) is 2. The third-order valence-electron chi connectivity index (χ3n) is 2.30. The van der Waals surface area contributed by atoms with Crippen molar-refractivity contribution in [3.05, 3.63) is 46.8 Å². The molecule has 1 heterocycles. The van der Waals surface area contributed by atoms with E-state index >= 15 is 0 Å². The third-order valence-corrected chi connectivity index (χ3v) is 3.50. The lowest BCUT2D eigenvalue weighted by atomic mass is 10.1. The average Bonchev–Trinajstić information content (AvgIpc) is 2.77. The summed E-state index contributed by atoms with van der Waals surface area (Å²) in [7, 11) is 0. The van der Waals surface area contributed by atoms with Crippen molar-refractivity contribution in [1.82, 2.24) is 0 Å². The monoisotopic (exact) mass is 290 g/mol. The number of carbonyl (C=O) groups excluding carboxylic acids is 1. The van der Waals surface area contributed by atoms with E-state index < -0.39 is 17.0 Å². The van der Waals surface area contributed by atoms with Gasteiger partial charge in [-0.3, -0.25) is 4.79 Å². The van der Waals surface area contributed by atoms with Gasteiger partial charge in [0.05, 0.1) is 5.56 Å². The molecule has 0 aliphatic carbocycles. The van der Waals surface area contributed by atoms with Gasteiger partial charge in [-0.15, -0.1) is 11.3 Å². The SMILES string of the molecule is O=C(Cl)c1csc(-c2cccc(C(F)(F)F)c2)c1. The van der Waals surface area contributed by atoms with Gasteiger partial charge in [0.1, 0.15) is 0 Å². The van der Waals surface area contributed by atoms with Crippen LogP contribution < -0.4 is 0 Å². The number of thiophene rings is 1. The highest BCUT2D eigenvalue weighted by molar-refractivity contribution is 7.14. The molecule has 18 heavy (non-hydrogen) atoms. The molecule has 0 radical (unpaired) electrons. The Morgan fingerprint density at radius 3 is 2.50 bits per heavy atom. The fraction of sp³-hybridized carbons (Fsp3) is 0.0833. The first-order chi connectivity index (χ1) is 8.38. The van der Waals surface area contributed by atoms with Crippen molar-refractivity contribution in [2.24, 2.45) is 0 Å². The summed E-state index contributed by atoms with van der Waals surface area (Å²) in [6, 6.07) is 6.43. The van der Waals surface area contributed by atoms with Crippen LogP contribution in [0.5, 0.6) is 0 Å². The standard InChI is InChI=1S/C12H6ClF3OS/c13-11(17)8-5-10(18-6-8)7-2-1-3-9(4-7)12(14,15)16/h1-6H. The molecule has 0 spiro atoms. The Hall–Kier alpha value is -1.33. The number of benzene rings is 1. The highest BCUT2D eigenvalue weighted by Gasteiger charge is 2.30. The summed E-state index contributed by atoms with van der Waals surface area (Å²) in [6.07, 6.45) is -4.38. The second kappa shape index (κ2) is 4.74. The highest BCUT2D eigenvalue weighted by atomic mass is 35.5. The Morgan fingerprint density at radius 2 is 1.94 bits per heavy atom. The summed E-state index contributed by atoms with van der Waals surface area (Å²) in [5.41, 5.74) is -0.0137. The predicted octanol–water partition coefficient (Wildman–Crippen LogP) is 4.81. The minimum atomic E-state index is -4.38. The largest absolute Gasteiger partial charge is 0.416 e. The van der Waals surface area contributed by atoms with Gasteiger partial charge in [0.15, 0.2) is 0 Å². The quantitative estimate of drug-likeness (QED) is 0.725. The van der Waals surface area contributed by atoms with E-state index in [4.69, 9.17) is 11.6 Å². The van der Waals surface area contributed by atoms with Crippen LogP contribution in [0.3, 0.4) is 0 Å². The van der Waals surface area contributed by atoms with Crippen molar-refractivity contribution in [2.45, 2.75) is 6.18 Å². The van der Waals surface area contributed by atoms with E-state index in [1.165, 1.54) is 28.8 Å². The molecular weight excluding hydrogens is 285 g/mol. The van der Waals surface area contributed by atoms with Gasteiger partial charge in [-0.1, -0.05) is 12.1 Å². The Kier molecular flexibility index (Phi) is 3.45. The van der Waals surface area contributed by atoms with E-state index in [1.807, 2.05) is 0 Å². The van der Waals surface area contributed by atoms with E-state index in [9.17, 15) is 18.0 Å². The molecule has 1 nitrogen and oxygen atoms in total. The Morgan fingerprint density at radius 1 is 1.22 bits per heavy atom. The van der Waals surface area contributed by atoms with Crippen LogP contribution in [-0.4, -0.2) is 5.24 Å². The summed E-state index contributed by atoms with van der Waals surface area (Å²) in [5, 5.41) is 0.898. The fourth-order valence-electron chi connectivity index (χ4n) is 1.44. The lowest BCUT2D eigenvalue weighted by Crippen LogP contribution is -2.04. The van der Waals surface area contributed by atoms with Crippen LogP contribution in [0.1, 0.15) is 15.9 Å². The maximum Gasteiger partial charge on any atom is 0.416 e. The van der Waals surface area contributed by atoms with Gasteiger partial charge in [0, 0.05) is 15.8 Å². The molecular formula is C12H6ClF3OS. The lowest BCUT2D eigenvalue weighted by Gasteiger charge is -2.07. The molecule has 1 aromatic carbocycles. The van der Waals surface area contributed by atoms with Crippen LogP contribution >= 0.6 is 22.9 Å². The molecule has 6 heteroatoms. The van der Waals surface area contributed by atoms with Gasteiger partial charge in [0.25, 0.3) is 5.24 Å². The first-order valence-electron chi connectivity index (χ1n) is 4.84. The van der Waals surface area contributed by atoms with Gasteiger partial charge in [0.2, 0.25) is 0 Å². The summed E-state index contributed by atoms with van der Waals surface area (Å²) in [4.78, 5) is 11.5. The van der Waals surface area contributed by atoms with Gasteiger partial charge < -0.3 is 0 Å². The number of alkyl halides is 3. The van der Waals surface area contributed by atoms with E-state index in [-0.39, 0.29) is 5.56 Å². The molecule has 0 atom stereocenters. The first-order valence-corrected chi connectivity index (χ1v) is 6.09. The zero-order valence-electron chi connectivity index (χ0n) is 8.79. The second-order valence-electron chi connectivity index (χ2n) is 3.55. The van der Waals surface area contributed by atoms with Gasteiger partial charge >= 0.3 is 6.18 Å².